The summed E-state index contributed by atoms with van der Waals surface area (Å²) < 4.78 is 18.8. The molecule has 6 nitrogen and oxygen atoms in total. The molecule has 0 aliphatic carbocycles. The molecule has 7 heteroatoms. The summed E-state index contributed by atoms with van der Waals surface area (Å²) in [5.41, 5.74) is 10.5. The van der Waals surface area contributed by atoms with Crippen molar-refractivity contribution in [1.29, 1.82) is 5.26 Å². The maximum absolute atomic E-state index is 13.3. The topological polar surface area (TPSA) is 101 Å². The number of allylic oxidation sites excluding steroid dienone is 1. The van der Waals surface area contributed by atoms with Gasteiger partial charge in [0.2, 0.25) is 11.8 Å². The lowest BCUT2D eigenvalue weighted by molar-refractivity contribution is 0.378. The average molecular weight is 375 g/mol. The second-order valence-electron chi connectivity index (χ2n) is 6.61. The fourth-order valence-electron chi connectivity index (χ4n) is 3.50. The average Bonchev–Trinajstić information content (AvgIpc) is 3.10. The Bertz CT molecular complexity index is 1090. The monoisotopic (exact) mass is 375 g/mol. The van der Waals surface area contributed by atoms with Crippen molar-refractivity contribution in [2.75, 3.05) is 0 Å². The summed E-state index contributed by atoms with van der Waals surface area (Å²) in [5, 5.41) is 17.0. The molecule has 3 aromatic rings. The number of aromatic nitrogens is 3. The van der Waals surface area contributed by atoms with Gasteiger partial charge in [-0.15, -0.1) is 5.10 Å². The first-order valence-corrected chi connectivity index (χ1v) is 8.98. The van der Waals surface area contributed by atoms with Gasteiger partial charge in [0.25, 0.3) is 0 Å². The first-order chi connectivity index (χ1) is 13.6. The summed E-state index contributed by atoms with van der Waals surface area (Å²) in [5.74, 6) is -0.298. The van der Waals surface area contributed by atoms with Gasteiger partial charge >= 0.3 is 0 Å². The predicted octanol–water partition coefficient (Wildman–Crippen LogP) is 3.78. The highest BCUT2D eigenvalue weighted by molar-refractivity contribution is 5.65. The largest absolute Gasteiger partial charge is 0.420 e. The zero-order chi connectivity index (χ0) is 19.7. The van der Waals surface area contributed by atoms with E-state index >= 15 is 0 Å². The van der Waals surface area contributed by atoms with Gasteiger partial charge in [0.1, 0.15) is 17.5 Å². The molecule has 0 radical (unpaired) electrons. The number of hydrogen-bond acceptors (Lipinski definition) is 5. The normalized spacial score (nSPS) is 15.7. The van der Waals surface area contributed by atoms with Crippen molar-refractivity contribution < 1.29 is 9.13 Å². The zero-order valence-corrected chi connectivity index (χ0v) is 15.2. The van der Waals surface area contributed by atoms with Crippen molar-refractivity contribution in [2.24, 2.45) is 5.73 Å². The van der Waals surface area contributed by atoms with Crippen LogP contribution in [0.25, 0.3) is 11.1 Å². The Morgan fingerprint density at radius 3 is 2.75 bits per heavy atom. The number of halogens is 1. The second-order valence-corrected chi connectivity index (χ2v) is 6.61. The number of nitrogens with two attached hydrogens (primary N) is 1. The van der Waals surface area contributed by atoms with E-state index in [9.17, 15) is 9.65 Å². The number of nitrogens with zero attached hydrogens (tertiary/aromatic N) is 3. The molecule has 0 spiro atoms. The van der Waals surface area contributed by atoms with Crippen molar-refractivity contribution in [3.8, 4) is 23.1 Å². The lowest BCUT2D eigenvalue weighted by atomic mass is 9.83. The quantitative estimate of drug-likeness (QED) is 0.723. The van der Waals surface area contributed by atoms with Crippen LogP contribution in [0.4, 0.5) is 4.39 Å². The molecule has 0 saturated heterocycles. The molecule has 0 saturated carbocycles. The van der Waals surface area contributed by atoms with E-state index in [2.05, 4.69) is 28.2 Å². The van der Waals surface area contributed by atoms with E-state index in [4.69, 9.17) is 10.5 Å². The van der Waals surface area contributed by atoms with Crippen LogP contribution in [0, 0.1) is 17.1 Å². The molecule has 2 aromatic heterocycles. The van der Waals surface area contributed by atoms with Crippen molar-refractivity contribution >= 4 is 0 Å². The van der Waals surface area contributed by atoms with Gasteiger partial charge in [0.05, 0.1) is 11.5 Å². The van der Waals surface area contributed by atoms with Crippen LogP contribution in [0.2, 0.25) is 0 Å². The number of pyridine rings is 1. The summed E-state index contributed by atoms with van der Waals surface area (Å²) >= 11 is 0. The number of hydrogen-bond donors (Lipinski definition) is 2. The zero-order valence-electron chi connectivity index (χ0n) is 15.2. The molecule has 1 aliphatic heterocycles. The second kappa shape index (κ2) is 7.16. The Morgan fingerprint density at radius 1 is 1.25 bits per heavy atom. The number of aryl methyl sites for hydroxylation is 1. The smallest absolute Gasteiger partial charge is 0.244 e. The first-order valence-electron chi connectivity index (χ1n) is 8.98. The van der Waals surface area contributed by atoms with Crippen LogP contribution in [-0.4, -0.2) is 15.2 Å². The van der Waals surface area contributed by atoms with Crippen LogP contribution in [0.1, 0.15) is 36.1 Å². The van der Waals surface area contributed by atoms with Gasteiger partial charge in [-0.25, -0.2) is 4.39 Å². The number of nitriles is 1. The molecular weight excluding hydrogens is 357 g/mol. The van der Waals surface area contributed by atoms with Gasteiger partial charge in [0, 0.05) is 23.7 Å². The van der Waals surface area contributed by atoms with E-state index in [1.54, 1.807) is 24.5 Å². The SMILES string of the molecule is CCCc1[nH]nc2c1[C@@H](c1cncc(-c3ccc(F)cc3)c1)C(C#N)=C(N)O2. The Balaban J connectivity index is 1.86. The van der Waals surface area contributed by atoms with Crippen LogP contribution >= 0.6 is 0 Å². The van der Waals surface area contributed by atoms with Gasteiger partial charge in [-0.3, -0.25) is 10.1 Å². The van der Waals surface area contributed by atoms with Crippen molar-refractivity contribution in [3.05, 3.63) is 76.8 Å². The van der Waals surface area contributed by atoms with Crippen LogP contribution in [0.15, 0.2) is 54.2 Å². The maximum atomic E-state index is 13.3. The van der Waals surface area contributed by atoms with E-state index in [-0.39, 0.29) is 11.7 Å². The number of fused-ring (bicyclic) bond motifs is 1. The predicted molar refractivity (Wildman–Crippen MR) is 102 cm³/mol. The number of ether oxygens (including phenoxy) is 1. The first kappa shape index (κ1) is 17.7. The Labute approximate surface area is 161 Å². The van der Waals surface area contributed by atoms with Gasteiger partial charge in [0.15, 0.2) is 0 Å². The number of rotatable bonds is 4. The molecule has 0 bridgehead atoms. The molecule has 28 heavy (non-hydrogen) atoms. The minimum Gasteiger partial charge on any atom is -0.420 e. The standard InChI is InChI=1S/C21H18FN5O/c1-2-3-17-19-18(16(9-23)20(24)28-21(19)27-26-17)14-8-13(10-25-11-14)12-4-6-15(22)7-5-12/h4-8,10-11,18H,2-3,24H2,1H3,(H,26,27)/t18-/m0/s1. The molecule has 3 heterocycles. The third kappa shape index (κ3) is 2.99. The van der Waals surface area contributed by atoms with Gasteiger partial charge in [-0.2, -0.15) is 5.26 Å². The Hall–Kier alpha value is -3.66. The summed E-state index contributed by atoms with van der Waals surface area (Å²) in [6.45, 7) is 2.07. The molecular formula is C21H18FN5O. The number of H-pyrrole nitrogens is 1. The molecule has 1 aromatic carbocycles. The van der Waals surface area contributed by atoms with Crippen molar-refractivity contribution in [1.82, 2.24) is 15.2 Å². The van der Waals surface area contributed by atoms with Crippen LogP contribution in [0.3, 0.4) is 0 Å². The summed E-state index contributed by atoms with van der Waals surface area (Å²) in [7, 11) is 0. The van der Waals surface area contributed by atoms with Crippen molar-refractivity contribution in [3.63, 3.8) is 0 Å². The van der Waals surface area contributed by atoms with Gasteiger partial charge in [-0.1, -0.05) is 25.5 Å². The highest BCUT2D eigenvalue weighted by Gasteiger charge is 2.35. The highest BCUT2D eigenvalue weighted by atomic mass is 19.1. The molecule has 1 aliphatic rings. The lowest BCUT2D eigenvalue weighted by Gasteiger charge is -2.24. The van der Waals surface area contributed by atoms with E-state index < -0.39 is 5.92 Å². The maximum Gasteiger partial charge on any atom is 0.244 e. The summed E-state index contributed by atoms with van der Waals surface area (Å²) in [6, 6.07) is 10.3. The van der Waals surface area contributed by atoms with Crippen LogP contribution in [-0.2, 0) is 6.42 Å². The fraction of sp³-hybridized carbons (Fsp3) is 0.190. The van der Waals surface area contributed by atoms with Gasteiger partial charge in [-0.05, 0) is 35.7 Å². The van der Waals surface area contributed by atoms with Crippen molar-refractivity contribution in [2.45, 2.75) is 25.7 Å². The highest BCUT2D eigenvalue weighted by Crippen LogP contribution is 2.43. The third-order valence-electron chi connectivity index (χ3n) is 4.79. The van der Waals surface area contributed by atoms with Crippen LogP contribution < -0.4 is 10.5 Å². The molecule has 0 fully saturated rings. The van der Waals surface area contributed by atoms with E-state index in [1.165, 1.54) is 12.1 Å². The number of aromatic amines is 1. The minimum absolute atomic E-state index is 0.0433. The summed E-state index contributed by atoms with van der Waals surface area (Å²) in [4.78, 5) is 4.35. The lowest BCUT2D eigenvalue weighted by Crippen LogP contribution is -2.21. The van der Waals surface area contributed by atoms with E-state index in [1.807, 2.05) is 6.07 Å². The number of benzene rings is 1. The fourth-order valence-corrected chi connectivity index (χ4v) is 3.50. The van der Waals surface area contributed by atoms with Gasteiger partial charge < -0.3 is 10.5 Å². The molecule has 140 valence electrons. The third-order valence-corrected chi connectivity index (χ3v) is 4.79. The molecule has 0 amide bonds. The minimum atomic E-state index is -0.429. The van der Waals surface area contributed by atoms with Crippen LogP contribution in [0.5, 0.6) is 5.88 Å². The summed E-state index contributed by atoms with van der Waals surface area (Å²) in [6.07, 6.45) is 5.10. The molecule has 4 rings (SSSR count). The molecule has 0 unspecified atom stereocenters. The number of nitrogens with one attached hydrogen (secondary N) is 1. The molecule has 3 N–H and O–H groups in total. The van der Waals surface area contributed by atoms with E-state index in [0.717, 1.165) is 40.8 Å². The Kier molecular flexibility index (Phi) is 4.53. The molecule has 1 atom stereocenters. The Morgan fingerprint density at radius 2 is 2.04 bits per heavy atom. The van der Waals surface area contributed by atoms with E-state index in [0.29, 0.717) is 11.5 Å².